The zero-order valence-corrected chi connectivity index (χ0v) is 34.9. The van der Waals surface area contributed by atoms with Crippen molar-refractivity contribution in [2.75, 3.05) is 22.9 Å². The van der Waals surface area contributed by atoms with Crippen LogP contribution in [-0.2, 0) is 0 Å². The van der Waals surface area contributed by atoms with Gasteiger partial charge in [0, 0.05) is 71.1 Å². The fourth-order valence-corrected chi connectivity index (χ4v) is 10.6. The van der Waals surface area contributed by atoms with Gasteiger partial charge in [0.25, 0.3) is 0 Å². The molecule has 0 amide bonds. The third-order valence-corrected chi connectivity index (χ3v) is 13.8. The summed E-state index contributed by atoms with van der Waals surface area (Å²) in [6.45, 7) is 1.96. The molecule has 0 radical (unpaired) electrons. The van der Waals surface area contributed by atoms with E-state index in [2.05, 4.69) is 41.3 Å². The number of phenols is 3. The van der Waals surface area contributed by atoms with E-state index in [0.717, 1.165) is 52.4 Å². The number of hydrogen-bond acceptors (Lipinski definition) is 7. The van der Waals surface area contributed by atoms with Crippen LogP contribution < -0.4 is 9.80 Å². The second-order valence-electron chi connectivity index (χ2n) is 17.7. The highest BCUT2D eigenvalue weighted by molar-refractivity contribution is 5.94. The number of aliphatic hydroxyl groups excluding tert-OH is 2. The summed E-state index contributed by atoms with van der Waals surface area (Å²) in [6, 6.07) is 45.2. The van der Waals surface area contributed by atoms with E-state index < -0.39 is 24.0 Å². The molecular formula is C54H58N2O5. The minimum absolute atomic E-state index is 0.0462. The van der Waals surface area contributed by atoms with E-state index >= 15 is 0 Å². The Morgan fingerprint density at radius 2 is 0.885 bits per heavy atom. The van der Waals surface area contributed by atoms with Gasteiger partial charge in [-0.3, -0.25) is 0 Å². The van der Waals surface area contributed by atoms with Crippen LogP contribution in [0.4, 0.5) is 22.7 Å². The third kappa shape index (κ3) is 8.34. The molecule has 6 aromatic rings. The third-order valence-electron chi connectivity index (χ3n) is 13.8. The van der Waals surface area contributed by atoms with Crippen LogP contribution in [0.15, 0.2) is 140 Å². The highest BCUT2D eigenvalue weighted by Crippen LogP contribution is 2.56. The van der Waals surface area contributed by atoms with Crippen molar-refractivity contribution in [3.63, 3.8) is 0 Å². The molecule has 7 heteroatoms. The maximum absolute atomic E-state index is 11.9. The van der Waals surface area contributed by atoms with E-state index in [1.807, 2.05) is 95.9 Å². The Morgan fingerprint density at radius 3 is 1.36 bits per heavy atom. The molecule has 0 aliphatic heterocycles. The van der Waals surface area contributed by atoms with Gasteiger partial charge in [-0.05, 0) is 66.8 Å². The molecule has 0 spiro atoms. The van der Waals surface area contributed by atoms with Gasteiger partial charge in [0.15, 0.2) is 0 Å². The molecule has 2 unspecified atom stereocenters. The number of nitrogens with zero attached hydrogens (tertiary/aromatic N) is 2. The summed E-state index contributed by atoms with van der Waals surface area (Å²) in [5.74, 6) is -0.918. The second kappa shape index (κ2) is 18.1. The van der Waals surface area contributed by atoms with Crippen LogP contribution in [0.5, 0.6) is 17.2 Å². The highest BCUT2D eigenvalue weighted by atomic mass is 16.3. The van der Waals surface area contributed by atoms with Gasteiger partial charge >= 0.3 is 0 Å². The molecule has 3 aliphatic rings. The first-order valence-electron chi connectivity index (χ1n) is 22.4. The number of rotatable bonds is 12. The van der Waals surface area contributed by atoms with Crippen molar-refractivity contribution in [1.29, 1.82) is 0 Å². The van der Waals surface area contributed by atoms with Gasteiger partial charge in [0.05, 0.1) is 29.3 Å². The number of para-hydroxylation sites is 2. The minimum atomic E-state index is -1.16. The molecule has 0 saturated heterocycles. The molecule has 5 N–H and O–H groups in total. The van der Waals surface area contributed by atoms with E-state index in [1.165, 1.54) is 64.2 Å². The lowest BCUT2D eigenvalue weighted by atomic mass is 9.62. The zero-order valence-electron chi connectivity index (χ0n) is 34.9. The number of benzene rings is 6. The van der Waals surface area contributed by atoms with Crippen LogP contribution in [0.3, 0.4) is 0 Å². The van der Waals surface area contributed by atoms with E-state index in [-0.39, 0.29) is 22.8 Å². The van der Waals surface area contributed by atoms with Crippen LogP contribution >= 0.6 is 0 Å². The second-order valence-corrected chi connectivity index (χ2v) is 17.7. The van der Waals surface area contributed by atoms with Gasteiger partial charge in [-0.1, -0.05) is 142 Å². The van der Waals surface area contributed by atoms with Gasteiger partial charge < -0.3 is 35.3 Å². The van der Waals surface area contributed by atoms with Crippen molar-refractivity contribution in [3.8, 4) is 39.5 Å². The van der Waals surface area contributed by atoms with E-state index in [9.17, 15) is 25.5 Å². The van der Waals surface area contributed by atoms with Gasteiger partial charge in [0.2, 0.25) is 0 Å². The van der Waals surface area contributed by atoms with Crippen molar-refractivity contribution in [2.24, 2.45) is 11.8 Å². The molecule has 314 valence electrons. The average Bonchev–Trinajstić information content (AvgIpc) is 3.30. The van der Waals surface area contributed by atoms with E-state index in [4.69, 9.17) is 0 Å². The monoisotopic (exact) mass is 814 g/mol. The molecule has 9 rings (SSSR count). The molecular weight excluding hydrogens is 757 g/mol. The van der Waals surface area contributed by atoms with Crippen LogP contribution in [0.2, 0.25) is 0 Å². The quantitative estimate of drug-likeness (QED) is 0.0837. The van der Waals surface area contributed by atoms with Gasteiger partial charge in [-0.2, -0.15) is 0 Å². The first-order valence-corrected chi connectivity index (χ1v) is 22.4. The largest absolute Gasteiger partial charge is 0.508 e. The Morgan fingerprint density at radius 1 is 0.443 bits per heavy atom. The van der Waals surface area contributed by atoms with Gasteiger partial charge in [-0.25, -0.2) is 0 Å². The topological polar surface area (TPSA) is 108 Å². The number of aliphatic hydroxyl groups is 2. The molecule has 3 saturated carbocycles. The lowest BCUT2D eigenvalue weighted by Gasteiger charge is -2.47. The first-order chi connectivity index (χ1) is 29.9. The van der Waals surface area contributed by atoms with Crippen molar-refractivity contribution >= 4 is 22.7 Å². The Kier molecular flexibility index (Phi) is 12.0. The average molecular weight is 815 g/mol. The lowest BCUT2D eigenvalue weighted by Crippen LogP contribution is -2.51. The van der Waals surface area contributed by atoms with Crippen molar-refractivity contribution in [3.05, 3.63) is 151 Å². The molecule has 0 aromatic heterocycles. The van der Waals surface area contributed by atoms with Crippen LogP contribution in [0.25, 0.3) is 22.3 Å². The summed E-state index contributed by atoms with van der Waals surface area (Å²) in [6.07, 6.45) is 10.4. The summed E-state index contributed by atoms with van der Waals surface area (Å²) < 4.78 is 0. The summed E-state index contributed by atoms with van der Waals surface area (Å²) in [7, 11) is 0. The summed E-state index contributed by atoms with van der Waals surface area (Å²) in [5.41, 5.74) is 7.63. The predicted molar refractivity (Wildman–Crippen MR) is 246 cm³/mol. The number of phenolic OH excluding ortho intramolecular Hbond substituents is 3. The molecule has 2 atom stereocenters. The normalized spacial score (nSPS) is 20.8. The number of hydrogen-bond donors (Lipinski definition) is 5. The molecule has 6 aromatic carbocycles. The molecule has 61 heavy (non-hydrogen) atoms. The van der Waals surface area contributed by atoms with Crippen LogP contribution in [0.1, 0.15) is 87.2 Å². The highest BCUT2D eigenvalue weighted by Gasteiger charge is 2.53. The zero-order chi connectivity index (χ0) is 41.9. The van der Waals surface area contributed by atoms with Gasteiger partial charge in [0.1, 0.15) is 17.2 Å². The Labute approximate surface area is 360 Å². The summed E-state index contributed by atoms with van der Waals surface area (Å²) in [4.78, 5) is 4.51. The van der Waals surface area contributed by atoms with E-state index in [0.29, 0.717) is 23.1 Å². The lowest BCUT2D eigenvalue weighted by molar-refractivity contribution is -0.0804. The summed E-state index contributed by atoms with van der Waals surface area (Å²) in [5, 5.41) is 58.9. The number of anilines is 4. The standard InChI is InChI=1S/C54H58N2O5/c57-47-31-40(55(34-36-17-5-1-6-18-36)35-37-19-7-2-8-20-37)29-30-44(47)50-53(60)52(54(50)61)51-48(58)32-41(33-49(51)59)56(45-27-15-13-25-42(45)38-21-9-3-10-22-38)46-28-16-14-26-43(46)39-23-11-4-12-24-39/h3-4,9-16,21-33,36-37,50,52-54,57-61H,1-2,5-8,17-20,34-35H2. The fraction of sp³-hybridized carbons (Fsp3) is 0.333. The Bertz CT molecular complexity index is 2270. The fourth-order valence-electron chi connectivity index (χ4n) is 10.6. The van der Waals surface area contributed by atoms with Crippen molar-refractivity contribution in [1.82, 2.24) is 0 Å². The molecule has 3 fully saturated rings. The SMILES string of the molecule is Oc1cc(N(CC2CCCCC2)CC2CCCCC2)ccc1C1C(O)C(c2c(O)cc(N(c3ccccc3-c3ccccc3)c3ccccc3-c3ccccc3)cc2O)C1O. The smallest absolute Gasteiger partial charge is 0.125 e. The Hall–Kier alpha value is -5.76. The number of aromatic hydroxyl groups is 3. The first kappa shape index (κ1) is 40.6. The van der Waals surface area contributed by atoms with Crippen molar-refractivity contribution < 1.29 is 25.5 Å². The van der Waals surface area contributed by atoms with E-state index in [1.54, 1.807) is 12.1 Å². The van der Waals surface area contributed by atoms with Crippen LogP contribution in [0, 0.1) is 11.8 Å². The maximum atomic E-state index is 11.9. The predicted octanol–water partition coefficient (Wildman–Crippen LogP) is 12.2. The van der Waals surface area contributed by atoms with Crippen LogP contribution in [-0.4, -0.2) is 50.8 Å². The minimum Gasteiger partial charge on any atom is -0.508 e. The molecule has 0 bridgehead atoms. The maximum Gasteiger partial charge on any atom is 0.125 e. The summed E-state index contributed by atoms with van der Waals surface area (Å²) >= 11 is 0. The van der Waals surface area contributed by atoms with Crippen molar-refractivity contribution in [2.45, 2.75) is 88.3 Å². The molecule has 7 nitrogen and oxygen atoms in total. The molecule has 0 heterocycles. The molecule has 3 aliphatic carbocycles. The van der Waals surface area contributed by atoms with Gasteiger partial charge in [-0.15, -0.1) is 0 Å². The Balaban J connectivity index is 1.03.